The van der Waals surface area contributed by atoms with Gasteiger partial charge in [0.05, 0.1) is 11.9 Å². The Kier molecular flexibility index (Phi) is 3.82. The van der Waals surface area contributed by atoms with E-state index >= 15 is 0 Å². The Morgan fingerprint density at radius 3 is 2.73 bits per heavy atom. The van der Waals surface area contributed by atoms with E-state index < -0.39 is 10.0 Å². The number of H-pyrrole nitrogens is 1. The van der Waals surface area contributed by atoms with Crippen molar-refractivity contribution in [3.05, 3.63) is 29.6 Å². The van der Waals surface area contributed by atoms with E-state index in [-0.39, 0.29) is 5.92 Å². The van der Waals surface area contributed by atoms with Crippen molar-refractivity contribution < 1.29 is 8.42 Å². The largest absolute Gasteiger partial charge is 0.346 e. The van der Waals surface area contributed by atoms with Gasteiger partial charge in [0.25, 0.3) is 0 Å². The van der Waals surface area contributed by atoms with Crippen molar-refractivity contribution in [1.29, 1.82) is 0 Å². The highest BCUT2D eigenvalue weighted by molar-refractivity contribution is 7.89. The van der Waals surface area contributed by atoms with E-state index in [0.29, 0.717) is 30.2 Å². The first kappa shape index (κ1) is 15.2. The summed E-state index contributed by atoms with van der Waals surface area (Å²) < 4.78 is 28.9. The molecule has 3 rings (SSSR count). The van der Waals surface area contributed by atoms with Gasteiger partial charge < -0.3 is 4.98 Å². The lowest BCUT2D eigenvalue weighted by Gasteiger charge is -2.16. The molecule has 0 radical (unpaired) electrons. The summed E-state index contributed by atoms with van der Waals surface area (Å²) in [4.78, 5) is 7.84. The van der Waals surface area contributed by atoms with Crippen LogP contribution in [0.1, 0.15) is 36.5 Å². The average molecular weight is 323 g/mol. The van der Waals surface area contributed by atoms with E-state index in [2.05, 4.69) is 15.1 Å². The molecule has 0 aliphatic carbocycles. The van der Waals surface area contributed by atoms with Crippen LogP contribution in [0.2, 0.25) is 0 Å². The van der Waals surface area contributed by atoms with Gasteiger partial charge in [-0.2, -0.15) is 9.40 Å². The van der Waals surface area contributed by atoms with Crippen LogP contribution in [0.4, 0.5) is 0 Å². The first-order valence-electron chi connectivity index (χ1n) is 7.47. The van der Waals surface area contributed by atoms with Crippen LogP contribution in [0, 0.1) is 13.8 Å². The lowest BCUT2D eigenvalue weighted by atomic mass is 10.1. The number of hydrogen-bond acceptors (Lipinski definition) is 4. The summed E-state index contributed by atoms with van der Waals surface area (Å²) in [7, 11) is -3.48. The molecule has 0 spiro atoms. The van der Waals surface area contributed by atoms with Gasteiger partial charge in [-0.1, -0.05) is 0 Å². The van der Waals surface area contributed by atoms with E-state index in [9.17, 15) is 8.42 Å². The van der Waals surface area contributed by atoms with E-state index in [0.717, 1.165) is 17.9 Å². The van der Waals surface area contributed by atoms with Crippen molar-refractivity contribution in [1.82, 2.24) is 24.1 Å². The zero-order valence-corrected chi connectivity index (χ0v) is 13.9. The zero-order valence-electron chi connectivity index (χ0n) is 13.1. The van der Waals surface area contributed by atoms with Gasteiger partial charge in [0.15, 0.2) is 0 Å². The van der Waals surface area contributed by atoms with Crippen molar-refractivity contribution in [2.45, 2.75) is 44.6 Å². The lowest BCUT2D eigenvalue weighted by Crippen LogP contribution is -2.29. The van der Waals surface area contributed by atoms with Crippen LogP contribution < -0.4 is 0 Å². The Labute approximate surface area is 130 Å². The first-order chi connectivity index (χ1) is 10.4. The standard InChI is InChI=1S/C14H21N5O2S/c1-4-19-11(3)13(8-16-19)22(20,21)18-6-5-12(9-18)14-15-7-10(2)17-14/h7-8,12H,4-6,9H2,1-3H3,(H,15,17)/t12-/m0/s1. The molecular weight excluding hydrogens is 302 g/mol. The minimum atomic E-state index is -3.48. The number of nitrogens with one attached hydrogen (secondary N) is 1. The maximum absolute atomic E-state index is 12.8. The third-order valence-electron chi connectivity index (χ3n) is 4.24. The third kappa shape index (κ3) is 2.46. The van der Waals surface area contributed by atoms with Crippen LogP contribution in [0.5, 0.6) is 0 Å². The highest BCUT2D eigenvalue weighted by Crippen LogP contribution is 2.30. The van der Waals surface area contributed by atoms with Gasteiger partial charge in [-0.05, 0) is 27.2 Å². The van der Waals surface area contributed by atoms with E-state index in [4.69, 9.17) is 0 Å². The van der Waals surface area contributed by atoms with Gasteiger partial charge in [-0.3, -0.25) is 4.68 Å². The predicted molar refractivity (Wildman–Crippen MR) is 82.1 cm³/mol. The molecule has 0 amide bonds. The minimum absolute atomic E-state index is 0.130. The Morgan fingerprint density at radius 2 is 2.14 bits per heavy atom. The molecule has 120 valence electrons. The molecule has 1 fully saturated rings. The summed E-state index contributed by atoms with van der Waals surface area (Å²) >= 11 is 0. The molecule has 2 aromatic rings. The molecule has 1 aliphatic rings. The van der Waals surface area contributed by atoms with Gasteiger partial charge in [0, 0.05) is 37.4 Å². The molecule has 0 saturated carbocycles. The molecule has 1 atom stereocenters. The number of aryl methyl sites for hydroxylation is 2. The Hall–Kier alpha value is -1.67. The molecule has 0 aromatic carbocycles. The third-order valence-corrected chi connectivity index (χ3v) is 6.20. The van der Waals surface area contributed by atoms with Crippen molar-refractivity contribution in [3.63, 3.8) is 0 Å². The normalized spacial score (nSPS) is 19.9. The van der Waals surface area contributed by atoms with Crippen molar-refractivity contribution in [2.24, 2.45) is 0 Å². The second-order valence-electron chi connectivity index (χ2n) is 5.71. The number of hydrogen-bond donors (Lipinski definition) is 1. The zero-order chi connectivity index (χ0) is 15.9. The Balaban J connectivity index is 1.83. The summed E-state index contributed by atoms with van der Waals surface area (Å²) in [6, 6.07) is 0. The number of imidazole rings is 1. The number of aromatic amines is 1. The van der Waals surface area contributed by atoms with Gasteiger partial charge in [0.1, 0.15) is 10.7 Å². The molecule has 7 nitrogen and oxygen atoms in total. The molecule has 3 heterocycles. The maximum atomic E-state index is 12.8. The van der Waals surface area contributed by atoms with Crippen molar-refractivity contribution in [2.75, 3.05) is 13.1 Å². The number of nitrogens with zero attached hydrogens (tertiary/aromatic N) is 4. The van der Waals surface area contributed by atoms with Crippen LogP contribution in [-0.4, -0.2) is 45.6 Å². The summed E-state index contributed by atoms with van der Waals surface area (Å²) in [5.41, 5.74) is 1.69. The maximum Gasteiger partial charge on any atom is 0.246 e. The smallest absolute Gasteiger partial charge is 0.246 e. The molecule has 1 N–H and O–H groups in total. The van der Waals surface area contributed by atoms with E-state index in [1.807, 2.05) is 13.8 Å². The SMILES string of the molecule is CCn1ncc(S(=O)(=O)N2CC[C@H](c3ncc(C)[nH]3)C2)c1C. The van der Waals surface area contributed by atoms with Gasteiger partial charge >= 0.3 is 0 Å². The van der Waals surface area contributed by atoms with E-state index in [1.54, 1.807) is 22.1 Å². The Bertz CT molecular complexity index is 777. The number of rotatable bonds is 4. The monoisotopic (exact) mass is 323 g/mol. The first-order valence-corrected chi connectivity index (χ1v) is 8.91. The highest BCUT2D eigenvalue weighted by atomic mass is 32.2. The van der Waals surface area contributed by atoms with Gasteiger partial charge in [0.2, 0.25) is 10.0 Å². The fourth-order valence-corrected chi connectivity index (χ4v) is 4.61. The summed E-state index contributed by atoms with van der Waals surface area (Å²) in [6.07, 6.45) is 4.02. The molecule has 0 unspecified atom stereocenters. The fraction of sp³-hybridized carbons (Fsp3) is 0.571. The van der Waals surface area contributed by atoms with Crippen LogP contribution in [0.25, 0.3) is 0 Å². The van der Waals surface area contributed by atoms with Crippen LogP contribution in [0.15, 0.2) is 17.3 Å². The quantitative estimate of drug-likeness (QED) is 0.922. The predicted octanol–water partition coefficient (Wildman–Crippen LogP) is 1.42. The summed E-state index contributed by atoms with van der Waals surface area (Å²) in [6.45, 7) is 7.34. The average Bonchev–Trinajstić information content (AvgIpc) is 3.17. The molecule has 8 heteroatoms. The molecule has 1 saturated heterocycles. The minimum Gasteiger partial charge on any atom is -0.346 e. The summed E-state index contributed by atoms with van der Waals surface area (Å²) in [5.74, 6) is 1.00. The van der Waals surface area contributed by atoms with Crippen molar-refractivity contribution in [3.8, 4) is 0 Å². The van der Waals surface area contributed by atoms with Gasteiger partial charge in [-0.25, -0.2) is 13.4 Å². The van der Waals surface area contributed by atoms with Gasteiger partial charge in [-0.15, -0.1) is 0 Å². The van der Waals surface area contributed by atoms with Crippen molar-refractivity contribution >= 4 is 10.0 Å². The Morgan fingerprint density at radius 1 is 1.36 bits per heavy atom. The summed E-state index contributed by atoms with van der Waals surface area (Å²) in [5, 5.41) is 4.14. The number of sulfonamides is 1. The molecule has 22 heavy (non-hydrogen) atoms. The molecular formula is C14H21N5O2S. The number of aromatic nitrogens is 4. The topological polar surface area (TPSA) is 83.9 Å². The fourth-order valence-electron chi connectivity index (χ4n) is 2.95. The second-order valence-corrected chi connectivity index (χ2v) is 7.62. The second kappa shape index (κ2) is 5.51. The van der Waals surface area contributed by atoms with E-state index in [1.165, 1.54) is 6.20 Å². The lowest BCUT2D eigenvalue weighted by molar-refractivity contribution is 0.470. The van der Waals surface area contributed by atoms with Crippen LogP contribution in [0.3, 0.4) is 0 Å². The van der Waals surface area contributed by atoms with Crippen LogP contribution in [-0.2, 0) is 16.6 Å². The molecule has 2 aromatic heterocycles. The van der Waals surface area contributed by atoms with Crippen LogP contribution >= 0.6 is 0 Å². The molecule has 0 bridgehead atoms. The molecule has 1 aliphatic heterocycles. The highest BCUT2D eigenvalue weighted by Gasteiger charge is 2.36.